The van der Waals surface area contributed by atoms with Gasteiger partial charge in [0.05, 0.1) is 15.7 Å². The monoisotopic (exact) mass is 319 g/mol. The van der Waals surface area contributed by atoms with E-state index in [1.54, 1.807) is 6.92 Å². The molecule has 0 aliphatic rings. The van der Waals surface area contributed by atoms with E-state index < -0.39 is 17.5 Å². The van der Waals surface area contributed by atoms with Crippen LogP contribution in [0.5, 0.6) is 0 Å². The Kier molecular flexibility index (Phi) is 4.45. The van der Waals surface area contributed by atoms with E-state index in [4.69, 9.17) is 23.2 Å². The molecule has 0 saturated heterocycles. The van der Waals surface area contributed by atoms with Crippen molar-refractivity contribution in [1.82, 2.24) is 0 Å². The van der Waals surface area contributed by atoms with Crippen LogP contribution in [-0.2, 0) is 0 Å². The van der Waals surface area contributed by atoms with E-state index in [0.29, 0.717) is 5.56 Å². The van der Waals surface area contributed by atoms with E-state index in [9.17, 15) is 13.2 Å². The molecule has 106 valence electrons. The Morgan fingerprint density at radius 3 is 2.25 bits per heavy atom. The summed E-state index contributed by atoms with van der Waals surface area (Å²) >= 11 is 11.5. The maximum atomic E-state index is 13.7. The Bertz CT molecular complexity index is 623. The van der Waals surface area contributed by atoms with Crippen LogP contribution in [0.4, 0.5) is 18.9 Å². The first-order valence-electron chi connectivity index (χ1n) is 5.74. The SMILES string of the molecule is CC(Nc1c(F)cc(F)cc1Cl)c1ccc(F)c(Cl)c1. The lowest BCUT2D eigenvalue weighted by atomic mass is 10.1. The number of halogens is 5. The van der Waals surface area contributed by atoms with Crippen LogP contribution in [0.1, 0.15) is 18.5 Å². The van der Waals surface area contributed by atoms with Crippen molar-refractivity contribution in [1.29, 1.82) is 0 Å². The third-order valence-corrected chi connectivity index (χ3v) is 3.40. The smallest absolute Gasteiger partial charge is 0.150 e. The summed E-state index contributed by atoms with van der Waals surface area (Å²) in [5.41, 5.74) is 0.636. The summed E-state index contributed by atoms with van der Waals surface area (Å²) in [6.07, 6.45) is 0. The summed E-state index contributed by atoms with van der Waals surface area (Å²) in [5.74, 6) is -2.08. The average Bonchev–Trinajstić information content (AvgIpc) is 2.36. The summed E-state index contributed by atoms with van der Waals surface area (Å²) in [7, 11) is 0. The van der Waals surface area contributed by atoms with Gasteiger partial charge in [0.25, 0.3) is 0 Å². The Morgan fingerprint density at radius 2 is 1.65 bits per heavy atom. The average molecular weight is 320 g/mol. The van der Waals surface area contributed by atoms with Crippen molar-refractivity contribution >= 4 is 28.9 Å². The maximum Gasteiger partial charge on any atom is 0.150 e. The molecule has 1 nitrogen and oxygen atoms in total. The molecule has 0 aliphatic carbocycles. The molecule has 0 spiro atoms. The van der Waals surface area contributed by atoms with E-state index in [-0.39, 0.29) is 21.8 Å². The van der Waals surface area contributed by atoms with Gasteiger partial charge in [-0.25, -0.2) is 13.2 Å². The molecule has 2 aromatic rings. The van der Waals surface area contributed by atoms with Gasteiger partial charge in [0, 0.05) is 12.1 Å². The van der Waals surface area contributed by atoms with Gasteiger partial charge in [0.2, 0.25) is 0 Å². The number of hydrogen-bond donors (Lipinski definition) is 1. The summed E-state index contributed by atoms with van der Waals surface area (Å²) in [5, 5.41) is 2.72. The first kappa shape index (κ1) is 15.0. The van der Waals surface area contributed by atoms with Crippen LogP contribution >= 0.6 is 23.2 Å². The van der Waals surface area contributed by atoms with Gasteiger partial charge in [0.1, 0.15) is 11.6 Å². The van der Waals surface area contributed by atoms with Gasteiger partial charge in [-0.05, 0) is 30.7 Å². The number of nitrogens with one attached hydrogen (secondary N) is 1. The molecule has 1 unspecified atom stereocenters. The zero-order valence-corrected chi connectivity index (χ0v) is 11.9. The lowest BCUT2D eigenvalue weighted by Crippen LogP contribution is -2.09. The van der Waals surface area contributed by atoms with Crippen LogP contribution < -0.4 is 5.32 Å². The Balaban J connectivity index is 2.27. The highest BCUT2D eigenvalue weighted by Gasteiger charge is 2.14. The van der Waals surface area contributed by atoms with Gasteiger partial charge in [-0.3, -0.25) is 0 Å². The largest absolute Gasteiger partial charge is 0.375 e. The van der Waals surface area contributed by atoms with Crippen molar-refractivity contribution in [3.8, 4) is 0 Å². The summed E-state index contributed by atoms with van der Waals surface area (Å²) < 4.78 is 39.7. The van der Waals surface area contributed by atoms with Crippen molar-refractivity contribution < 1.29 is 13.2 Å². The molecule has 0 amide bonds. The van der Waals surface area contributed by atoms with Gasteiger partial charge >= 0.3 is 0 Å². The number of rotatable bonds is 3. The molecule has 0 heterocycles. The molecule has 0 aliphatic heterocycles. The summed E-state index contributed by atoms with van der Waals surface area (Å²) in [6, 6.07) is 5.54. The molecule has 20 heavy (non-hydrogen) atoms. The third kappa shape index (κ3) is 3.19. The second kappa shape index (κ2) is 5.94. The van der Waals surface area contributed by atoms with Crippen molar-refractivity contribution in [2.75, 3.05) is 5.32 Å². The predicted molar refractivity (Wildman–Crippen MR) is 74.8 cm³/mol. The topological polar surface area (TPSA) is 12.0 Å². The molecule has 0 saturated carbocycles. The van der Waals surface area contributed by atoms with Crippen molar-refractivity contribution in [2.24, 2.45) is 0 Å². The number of benzene rings is 2. The Morgan fingerprint density at radius 1 is 0.950 bits per heavy atom. The first-order valence-corrected chi connectivity index (χ1v) is 6.50. The van der Waals surface area contributed by atoms with E-state index in [0.717, 1.165) is 12.1 Å². The fourth-order valence-electron chi connectivity index (χ4n) is 1.76. The number of anilines is 1. The summed E-state index contributed by atoms with van der Waals surface area (Å²) in [6.45, 7) is 1.72. The fourth-order valence-corrected chi connectivity index (χ4v) is 2.20. The van der Waals surface area contributed by atoms with Gasteiger partial charge in [-0.1, -0.05) is 29.3 Å². The molecule has 2 rings (SSSR count). The fraction of sp³-hybridized carbons (Fsp3) is 0.143. The van der Waals surface area contributed by atoms with Crippen molar-refractivity contribution in [3.63, 3.8) is 0 Å². The van der Waals surface area contributed by atoms with Gasteiger partial charge in [-0.15, -0.1) is 0 Å². The van der Waals surface area contributed by atoms with E-state index >= 15 is 0 Å². The number of hydrogen-bond acceptors (Lipinski definition) is 1. The van der Waals surface area contributed by atoms with E-state index in [1.165, 1.54) is 18.2 Å². The van der Waals surface area contributed by atoms with Gasteiger partial charge in [0.15, 0.2) is 5.82 Å². The molecule has 1 N–H and O–H groups in total. The molecular formula is C14H10Cl2F3N. The minimum atomic E-state index is -0.796. The zero-order valence-electron chi connectivity index (χ0n) is 10.4. The minimum absolute atomic E-state index is 0.0129. The van der Waals surface area contributed by atoms with E-state index in [1.807, 2.05) is 0 Å². The van der Waals surface area contributed by atoms with Crippen LogP contribution in [0.2, 0.25) is 10.0 Å². The van der Waals surface area contributed by atoms with E-state index in [2.05, 4.69) is 5.32 Å². The standard InChI is InChI=1S/C14H10Cl2F3N/c1-7(8-2-3-12(18)10(15)4-8)20-14-11(16)5-9(17)6-13(14)19/h2-7,20H,1H3. The quantitative estimate of drug-likeness (QED) is 0.778. The Hall–Kier alpha value is -1.39. The predicted octanol–water partition coefficient (Wildman–Crippen LogP) is 5.58. The van der Waals surface area contributed by atoms with Crippen LogP contribution in [0, 0.1) is 17.5 Å². The van der Waals surface area contributed by atoms with Crippen molar-refractivity contribution in [2.45, 2.75) is 13.0 Å². The molecule has 6 heteroatoms. The third-order valence-electron chi connectivity index (χ3n) is 2.81. The highest BCUT2D eigenvalue weighted by molar-refractivity contribution is 6.33. The summed E-state index contributed by atoms with van der Waals surface area (Å²) in [4.78, 5) is 0. The van der Waals surface area contributed by atoms with Crippen LogP contribution in [0.15, 0.2) is 30.3 Å². The first-order chi connectivity index (χ1) is 9.38. The highest BCUT2D eigenvalue weighted by Crippen LogP contribution is 2.30. The van der Waals surface area contributed by atoms with Gasteiger partial charge in [-0.2, -0.15) is 0 Å². The van der Waals surface area contributed by atoms with Crippen LogP contribution in [-0.4, -0.2) is 0 Å². The maximum absolute atomic E-state index is 13.7. The second-order valence-corrected chi connectivity index (χ2v) is 5.10. The molecule has 0 radical (unpaired) electrons. The second-order valence-electron chi connectivity index (χ2n) is 4.28. The van der Waals surface area contributed by atoms with Gasteiger partial charge < -0.3 is 5.32 Å². The Labute approximate surface area is 124 Å². The molecule has 0 aromatic heterocycles. The zero-order chi connectivity index (χ0) is 14.9. The molecule has 2 aromatic carbocycles. The lowest BCUT2D eigenvalue weighted by Gasteiger charge is -2.17. The van der Waals surface area contributed by atoms with Crippen LogP contribution in [0.3, 0.4) is 0 Å². The normalized spacial score (nSPS) is 12.3. The van der Waals surface area contributed by atoms with Crippen molar-refractivity contribution in [3.05, 3.63) is 63.4 Å². The lowest BCUT2D eigenvalue weighted by molar-refractivity contribution is 0.584. The van der Waals surface area contributed by atoms with Crippen LogP contribution in [0.25, 0.3) is 0 Å². The molecule has 1 atom stereocenters. The minimum Gasteiger partial charge on any atom is -0.375 e. The molecular weight excluding hydrogens is 310 g/mol. The highest BCUT2D eigenvalue weighted by atomic mass is 35.5. The molecule has 0 bridgehead atoms. The molecule has 0 fully saturated rings.